The van der Waals surface area contributed by atoms with Gasteiger partial charge in [-0.15, -0.1) is 0 Å². The molecule has 1 aliphatic rings. The third-order valence-corrected chi connectivity index (χ3v) is 7.12. The first-order valence-corrected chi connectivity index (χ1v) is 13.5. The zero-order valence-corrected chi connectivity index (χ0v) is 23.3. The Morgan fingerprint density at radius 1 is 1.00 bits per heavy atom. The molecule has 1 amide bonds. The number of ether oxygens (including phenoxy) is 3. The molecule has 1 aliphatic heterocycles. The van der Waals surface area contributed by atoms with Crippen LogP contribution in [-0.4, -0.2) is 23.9 Å². The van der Waals surface area contributed by atoms with Gasteiger partial charge in [0, 0.05) is 10.9 Å². The van der Waals surface area contributed by atoms with E-state index in [9.17, 15) is 4.79 Å². The lowest BCUT2D eigenvalue weighted by Crippen LogP contribution is -2.18. The van der Waals surface area contributed by atoms with Gasteiger partial charge in [-0.1, -0.05) is 66.2 Å². The normalized spacial score (nSPS) is 12.2. The summed E-state index contributed by atoms with van der Waals surface area (Å²) in [6, 6.07) is 28.2. The number of hydrogen-bond acceptors (Lipinski definition) is 6. The number of rotatable bonds is 7. The van der Waals surface area contributed by atoms with Crippen LogP contribution in [0.4, 0.5) is 0 Å². The van der Waals surface area contributed by atoms with Crippen molar-refractivity contribution in [2.24, 2.45) is 5.10 Å². The summed E-state index contributed by atoms with van der Waals surface area (Å²) in [4.78, 5) is 17.9. The highest BCUT2D eigenvalue weighted by Crippen LogP contribution is 2.36. The second-order valence-corrected chi connectivity index (χ2v) is 10.2. The van der Waals surface area contributed by atoms with Crippen LogP contribution in [0.25, 0.3) is 22.2 Å². The van der Waals surface area contributed by atoms with E-state index >= 15 is 0 Å². The molecule has 7 nitrogen and oxygen atoms in total. The van der Waals surface area contributed by atoms with E-state index in [1.54, 1.807) is 12.1 Å². The number of hydrogen-bond donors (Lipinski definition) is 1. The number of hydrazone groups is 1. The van der Waals surface area contributed by atoms with Gasteiger partial charge in [0.1, 0.15) is 6.61 Å². The molecule has 0 atom stereocenters. The topological polar surface area (TPSA) is 82.0 Å². The quantitative estimate of drug-likeness (QED) is 0.153. The minimum Gasteiger partial charge on any atom is -0.486 e. The summed E-state index contributed by atoms with van der Waals surface area (Å²) in [5, 5.41) is 5.31. The first kappa shape index (κ1) is 25.9. The predicted octanol–water partition coefficient (Wildman–Crippen LogP) is 7.39. The van der Waals surface area contributed by atoms with Crippen LogP contribution in [0.2, 0.25) is 5.02 Å². The van der Waals surface area contributed by atoms with Crippen LogP contribution in [0.5, 0.6) is 17.2 Å². The molecule has 0 fully saturated rings. The molecule has 0 spiro atoms. The monoisotopic (exact) mass is 613 g/mol. The molecule has 9 heteroatoms. The van der Waals surface area contributed by atoms with Crippen LogP contribution >= 0.6 is 27.5 Å². The van der Waals surface area contributed by atoms with Crippen LogP contribution in [0.3, 0.4) is 0 Å². The summed E-state index contributed by atoms with van der Waals surface area (Å²) < 4.78 is 17.4. The molecule has 5 aromatic rings. The van der Waals surface area contributed by atoms with E-state index < -0.39 is 0 Å². The lowest BCUT2D eigenvalue weighted by Gasteiger charge is -2.11. The highest BCUT2D eigenvalue weighted by molar-refractivity contribution is 9.10. The minimum atomic E-state index is -0.346. The van der Waals surface area contributed by atoms with E-state index in [4.69, 9.17) is 30.8 Å². The first-order chi connectivity index (χ1) is 19.5. The second-order valence-electron chi connectivity index (χ2n) is 8.93. The van der Waals surface area contributed by atoms with Crippen molar-refractivity contribution in [3.8, 4) is 28.5 Å². The van der Waals surface area contributed by atoms with Gasteiger partial charge in [-0.3, -0.25) is 4.79 Å². The predicted molar refractivity (Wildman–Crippen MR) is 158 cm³/mol. The summed E-state index contributed by atoms with van der Waals surface area (Å²) in [7, 11) is 0. The Morgan fingerprint density at radius 2 is 1.80 bits per heavy atom. The van der Waals surface area contributed by atoms with Gasteiger partial charge in [0.2, 0.25) is 6.79 Å². The molecular weight excluding hydrogens is 594 g/mol. The van der Waals surface area contributed by atoms with Gasteiger partial charge in [0.25, 0.3) is 5.91 Å². The number of aromatic nitrogens is 1. The summed E-state index contributed by atoms with van der Waals surface area (Å²) in [5.74, 6) is 1.56. The molecule has 0 radical (unpaired) electrons. The SMILES string of the molecule is O=C(N/N=C/c1cc(Cl)c(OCc2ccc3c(c2)OCO3)c(Br)c1)c1cc(-c2ccccc2)nc2ccccc12. The van der Waals surface area contributed by atoms with Crippen molar-refractivity contribution >= 4 is 50.6 Å². The van der Waals surface area contributed by atoms with E-state index in [-0.39, 0.29) is 12.7 Å². The molecule has 40 heavy (non-hydrogen) atoms. The van der Waals surface area contributed by atoms with Crippen molar-refractivity contribution in [2.45, 2.75) is 6.61 Å². The smallest absolute Gasteiger partial charge is 0.272 e. The van der Waals surface area contributed by atoms with Crippen molar-refractivity contribution in [1.29, 1.82) is 0 Å². The number of benzene rings is 4. The van der Waals surface area contributed by atoms with E-state index in [0.717, 1.165) is 22.0 Å². The number of halogens is 2. The van der Waals surface area contributed by atoms with Gasteiger partial charge < -0.3 is 14.2 Å². The van der Waals surface area contributed by atoms with Gasteiger partial charge >= 0.3 is 0 Å². The van der Waals surface area contributed by atoms with Crippen LogP contribution in [0, 0.1) is 0 Å². The molecule has 1 N–H and O–H groups in total. The number of carbonyl (C=O) groups is 1. The lowest BCUT2D eigenvalue weighted by atomic mass is 10.0. The second kappa shape index (κ2) is 11.4. The molecule has 198 valence electrons. The van der Waals surface area contributed by atoms with E-state index in [1.165, 1.54) is 6.21 Å². The standard InChI is InChI=1S/C31H21BrClN3O4/c32-24-12-20(13-25(33)30(24)38-17-19-10-11-28-29(14-19)40-18-39-28)16-34-36-31(37)23-15-27(21-6-2-1-3-7-21)35-26-9-5-4-8-22(23)26/h1-16H,17-18H2,(H,36,37)/b34-16+. The van der Waals surface area contributed by atoms with Gasteiger partial charge in [-0.25, -0.2) is 10.4 Å². The fourth-order valence-corrected chi connectivity index (χ4v) is 5.31. The lowest BCUT2D eigenvalue weighted by molar-refractivity contribution is 0.0956. The van der Waals surface area contributed by atoms with E-state index in [0.29, 0.717) is 50.2 Å². The number of carbonyl (C=O) groups excluding carboxylic acids is 1. The zero-order valence-electron chi connectivity index (χ0n) is 20.9. The fraction of sp³-hybridized carbons (Fsp3) is 0.0645. The largest absolute Gasteiger partial charge is 0.486 e. The Balaban J connectivity index is 1.17. The molecule has 2 heterocycles. The van der Waals surface area contributed by atoms with Crippen molar-refractivity contribution in [1.82, 2.24) is 10.4 Å². The Kier molecular flexibility index (Phi) is 7.35. The minimum absolute atomic E-state index is 0.217. The van der Waals surface area contributed by atoms with Crippen LogP contribution in [0.1, 0.15) is 21.5 Å². The number of amides is 1. The fourth-order valence-electron chi connectivity index (χ4n) is 4.32. The summed E-state index contributed by atoms with van der Waals surface area (Å²) in [5.41, 5.74) is 7.06. The molecule has 4 aromatic carbocycles. The van der Waals surface area contributed by atoms with E-state index in [2.05, 4.69) is 26.5 Å². The zero-order chi connectivity index (χ0) is 27.5. The molecule has 0 unspecified atom stereocenters. The highest BCUT2D eigenvalue weighted by atomic mass is 79.9. The van der Waals surface area contributed by atoms with Crippen molar-refractivity contribution in [3.63, 3.8) is 0 Å². The Morgan fingerprint density at radius 3 is 2.65 bits per heavy atom. The summed E-state index contributed by atoms with van der Waals surface area (Å²) in [6.45, 7) is 0.512. The summed E-state index contributed by atoms with van der Waals surface area (Å²) >= 11 is 10.0. The van der Waals surface area contributed by atoms with Crippen molar-refractivity contribution < 1.29 is 19.0 Å². The Bertz CT molecular complexity index is 1740. The number of nitrogens with one attached hydrogen (secondary N) is 1. The maximum Gasteiger partial charge on any atom is 0.272 e. The first-order valence-electron chi connectivity index (χ1n) is 12.3. The number of pyridine rings is 1. The Hall–Kier alpha value is -4.40. The molecule has 0 saturated carbocycles. The van der Waals surface area contributed by atoms with E-state index in [1.807, 2.05) is 78.9 Å². The molecule has 0 aliphatic carbocycles. The molecule has 0 saturated heterocycles. The number of nitrogens with zero attached hydrogens (tertiary/aromatic N) is 2. The third kappa shape index (κ3) is 5.50. The Labute approximate surface area is 243 Å². The van der Waals surface area contributed by atoms with Crippen molar-refractivity contribution in [3.05, 3.63) is 117 Å². The van der Waals surface area contributed by atoms with Crippen LogP contribution in [0.15, 0.2) is 101 Å². The van der Waals surface area contributed by atoms with Crippen LogP contribution < -0.4 is 19.6 Å². The van der Waals surface area contributed by atoms with Crippen LogP contribution in [-0.2, 0) is 6.61 Å². The average Bonchev–Trinajstić information content (AvgIpc) is 3.45. The molecular formula is C31H21BrClN3O4. The van der Waals surface area contributed by atoms with Gasteiger partial charge in [-0.2, -0.15) is 5.10 Å². The molecule has 0 bridgehead atoms. The van der Waals surface area contributed by atoms with Gasteiger partial charge in [0.05, 0.1) is 32.5 Å². The maximum absolute atomic E-state index is 13.2. The van der Waals surface area contributed by atoms with Gasteiger partial charge in [0.15, 0.2) is 17.2 Å². The van der Waals surface area contributed by atoms with Gasteiger partial charge in [-0.05, 0) is 63.5 Å². The number of fused-ring (bicyclic) bond motifs is 2. The molecule has 6 rings (SSSR count). The molecule has 1 aromatic heterocycles. The average molecular weight is 615 g/mol. The number of para-hydroxylation sites is 1. The summed E-state index contributed by atoms with van der Waals surface area (Å²) in [6.07, 6.45) is 1.53. The van der Waals surface area contributed by atoms with Crippen molar-refractivity contribution in [2.75, 3.05) is 6.79 Å². The maximum atomic E-state index is 13.2. The highest BCUT2D eigenvalue weighted by Gasteiger charge is 2.16. The third-order valence-electron chi connectivity index (χ3n) is 6.25.